The zero-order valence-corrected chi connectivity index (χ0v) is 13.1. The Morgan fingerprint density at radius 1 is 1.25 bits per heavy atom. The highest BCUT2D eigenvalue weighted by atomic mass is 32.2. The molecule has 20 heavy (non-hydrogen) atoms. The van der Waals surface area contributed by atoms with Gasteiger partial charge in [-0.25, -0.2) is 0 Å². The van der Waals surface area contributed by atoms with Gasteiger partial charge in [0.05, 0.1) is 5.75 Å². The lowest BCUT2D eigenvalue weighted by atomic mass is 10.6. The van der Waals surface area contributed by atoms with Crippen molar-refractivity contribution in [2.24, 2.45) is 0 Å². The Bertz CT molecular complexity index is 570. The molecular formula is C10H16N8S2. The van der Waals surface area contributed by atoms with Crippen LogP contribution in [0, 0.1) is 0 Å². The van der Waals surface area contributed by atoms with Crippen LogP contribution in [0.4, 0.5) is 17.0 Å². The van der Waals surface area contributed by atoms with Crippen LogP contribution in [0.5, 0.6) is 0 Å². The summed E-state index contributed by atoms with van der Waals surface area (Å²) in [7, 11) is 3.72. The average Bonchev–Trinajstić information content (AvgIpc) is 2.84. The summed E-state index contributed by atoms with van der Waals surface area (Å²) in [4.78, 5) is 14.3. The van der Waals surface area contributed by atoms with Gasteiger partial charge in [0.25, 0.3) is 0 Å². The third kappa shape index (κ3) is 3.90. The van der Waals surface area contributed by atoms with E-state index < -0.39 is 0 Å². The fourth-order valence-electron chi connectivity index (χ4n) is 1.31. The molecule has 0 amide bonds. The first-order valence-corrected chi connectivity index (χ1v) is 7.76. The minimum Gasteiger partial charge on any atom is -0.368 e. The van der Waals surface area contributed by atoms with Gasteiger partial charge in [0.2, 0.25) is 17.0 Å². The van der Waals surface area contributed by atoms with Crippen LogP contribution in [0.1, 0.15) is 12.7 Å². The van der Waals surface area contributed by atoms with E-state index >= 15 is 0 Å². The van der Waals surface area contributed by atoms with Crippen LogP contribution < -0.4 is 16.0 Å². The Hall–Kier alpha value is -1.68. The number of aromatic nitrogens is 5. The smallest absolute Gasteiger partial charge is 0.229 e. The largest absolute Gasteiger partial charge is 0.368 e. The highest BCUT2D eigenvalue weighted by Gasteiger charge is 2.09. The van der Waals surface area contributed by atoms with Crippen molar-refractivity contribution in [2.45, 2.75) is 17.0 Å². The molecule has 0 aliphatic rings. The summed E-state index contributed by atoms with van der Waals surface area (Å²) >= 11 is 3.04. The molecule has 8 nitrogen and oxygen atoms in total. The molecule has 0 saturated heterocycles. The normalized spacial score (nSPS) is 10.6. The van der Waals surface area contributed by atoms with E-state index in [0.717, 1.165) is 16.0 Å². The monoisotopic (exact) mass is 312 g/mol. The number of hydrogen-bond acceptors (Lipinski definition) is 10. The summed E-state index contributed by atoms with van der Waals surface area (Å²) in [6.07, 6.45) is 0. The van der Waals surface area contributed by atoms with Gasteiger partial charge < -0.3 is 16.0 Å². The fourth-order valence-corrected chi connectivity index (χ4v) is 2.98. The number of rotatable bonds is 6. The van der Waals surface area contributed by atoms with Gasteiger partial charge in [-0.05, 0) is 6.92 Å². The molecule has 0 unspecified atom stereocenters. The lowest BCUT2D eigenvalue weighted by Crippen LogP contribution is -2.15. The summed E-state index contributed by atoms with van der Waals surface area (Å²) in [5.41, 5.74) is 5.68. The van der Waals surface area contributed by atoms with Crippen molar-refractivity contribution in [3.63, 3.8) is 0 Å². The van der Waals surface area contributed by atoms with Gasteiger partial charge in [0, 0.05) is 20.6 Å². The van der Waals surface area contributed by atoms with Gasteiger partial charge in [0.15, 0.2) is 4.34 Å². The molecule has 2 heterocycles. The zero-order chi connectivity index (χ0) is 14.5. The molecule has 2 aromatic heterocycles. The third-order valence-electron chi connectivity index (χ3n) is 2.15. The van der Waals surface area contributed by atoms with E-state index in [1.165, 1.54) is 23.1 Å². The maximum Gasteiger partial charge on any atom is 0.229 e. The van der Waals surface area contributed by atoms with Crippen LogP contribution in [0.2, 0.25) is 0 Å². The van der Waals surface area contributed by atoms with E-state index in [2.05, 4.69) is 30.5 Å². The van der Waals surface area contributed by atoms with Gasteiger partial charge in [-0.2, -0.15) is 15.0 Å². The first-order valence-electron chi connectivity index (χ1n) is 5.96. The van der Waals surface area contributed by atoms with Crippen molar-refractivity contribution < 1.29 is 0 Å². The van der Waals surface area contributed by atoms with Crippen molar-refractivity contribution in [3.05, 3.63) is 5.82 Å². The number of nitrogens with zero attached hydrogens (tertiary/aromatic N) is 6. The van der Waals surface area contributed by atoms with E-state index in [9.17, 15) is 0 Å². The van der Waals surface area contributed by atoms with Gasteiger partial charge in [0.1, 0.15) is 5.82 Å². The lowest BCUT2D eigenvalue weighted by molar-refractivity contribution is 0.918. The predicted molar refractivity (Wildman–Crippen MR) is 82.2 cm³/mol. The highest BCUT2D eigenvalue weighted by Crippen LogP contribution is 2.27. The molecule has 0 aliphatic carbocycles. The van der Waals surface area contributed by atoms with Crippen molar-refractivity contribution in [2.75, 3.05) is 36.6 Å². The Morgan fingerprint density at radius 2 is 2.05 bits per heavy atom. The summed E-state index contributed by atoms with van der Waals surface area (Å²) in [5, 5.41) is 12.1. The average molecular weight is 312 g/mol. The second-order valence-corrected chi connectivity index (χ2v) is 6.20. The molecule has 0 bridgehead atoms. The minimum absolute atomic E-state index is 0.227. The lowest BCUT2D eigenvalue weighted by Gasteiger charge is -2.10. The van der Waals surface area contributed by atoms with Crippen LogP contribution in [0.15, 0.2) is 4.34 Å². The van der Waals surface area contributed by atoms with E-state index in [4.69, 9.17) is 5.73 Å². The van der Waals surface area contributed by atoms with Crippen LogP contribution in [0.25, 0.3) is 0 Å². The standard InChI is InChI=1S/C10H16N8S2/c1-4-12-9-16-17-10(20-9)19-5-6-13-7(11)15-8(14-6)18(2)3/h4-5H2,1-3H3,(H,12,16)(H2,11,13,14,15). The third-order valence-corrected chi connectivity index (χ3v) is 4.16. The van der Waals surface area contributed by atoms with E-state index in [-0.39, 0.29) is 5.95 Å². The molecule has 3 N–H and O–H groups in total. The second-order valence-electron chi connectivity index (χ2n) is 4.00. The molecule has 0 atom stereocenters. The Morgan fingerprint density at radius 3 is 2.75 bits per heavy atom. The number of nitrogens with two attached hydrogens (primary N) is 1. The highest BCUT2D eigenvalue weighted by molar-refractivity contribution is 8.00. The quantitative estimate of drug-likeness (QED) is 0.758. The van der Waals surface area contributed by atoms with Crippen molar-refractivity contribution >= 4 is 40.1 Å². The fraction of sp³-hybridized carbons (Fsp3) is 0.500. The summed E-state index contributed by atoms with van der Waals surface area (Å²) in [5.74, 6) is 1.99. The molecule has 0 aliphatic heterocycles. The zero-order valence-electron chi connectivity index (χ0n) is 11.5. The van der Waals surface area contributed by atoms with Crippen LogP contribution >= 0.6 is 23.1 Å². The number of nitrogens with one attached hydrogen (secondary N) is 1. The topological polar surface area (TPSA) is 106 Å². The molecule has 0 aromatic carbocycles. The van der Waals surface area contributed by atoms with Gasteiger partial charge in [-0.1, -0.05) is 23.1 Å². The molecule has 0 spiro atoms. The molecule has 0 saturated carbocycles. The van der Waals surface area contributed by atoms with E-state index in [0.29, 0.717) is 17.5 Å². The Kier molecular flexibility index (Phi) is 4.90. The van der Waals surface area contributed by atoms with Crippen LogP contribution in [-0.4, -0.2) is 45.8 Å². The van der Waals surface area contributed by atoms with Gasteiger partial charge >= 0.3 is 0 Å². The first-order chi connectivity index (χ1) is 9.58. The van der Waals surface area contributed by atoms with Crippen LogP contribution in [-0.2, 0) is 5.75 Å². The molecule has 2 rings (SSSR count). The van der Waals surface area contributed by atoms with Gasteiger partial charge in [-0.15, -0.1) is 10.2 Å². The Balaban J connectivity index is 2.02. The second kappa shape index (κ2) is 6.66. The minimum atomic E-state index is 0.227. The molecule has 0 fully saturated rings. The SMILES string of the molecule is CCNc1nnc(SCc2nc(N)nc(N(C)C)n2)s1. The number of anilines is 3. The summed E-state index contributed by atoms with van der Waals surface area (Å²) in [6.45, 7) is 2.85. The molecule has 108 valence electrons. The molecular weight excluding hydrogens is 296 g/mol. The molecule has 10 heteroatoms. The van der Waals surface area contributed by atoms with Crippen LogP contribution in [0.3, 0.4) is 0 Å². The molecule has 2 aromatic rings. The van der Waals surface area contributed by atoms with E-state index in [1.807, 2.05) is 21.0 Å². The number of nitrogen functional groups attached to an aromatic ring is 1. The van der Waals surface area contributed by atoms with E-state index in [1.54, 1.807) is 4.90 Å². The van der Waals surface area contributed by atoms with Crippen molar-refractivity contribution in [1.82, 2.24) is 25.1 Å². The maximum atomic E-state index is 5.68. The number of thioether (sulfide) groups is 1. The Labute approximate surface area is 125 Å². The maximum absolute atomic E-state index is 5.68. The first kappa shape index (κ1) is 14.7. The summed E-state index contributed by atoms with van der Waals surface area (Å²) in [6, 6.07) is 0. The summed E-state index contributed by atoms with van der Waals surface area (Å²) < 4.78 is 0.867. The van der Waals surface area contributed by atoms with Crippen molar-refractivity contribution in [1.29, 1.82) is 0 Å². The number of hydrogen-bond donors (Lipinski definition) is 2. The van der Waals surface area contributed by atoms with Crippen molar-refractivity contribution in [3.8, 4) is 0 Å². The van der Waals surface area contributed by atoms with Gasteiger partial charge in [-0.3, -0.25) is 0 Å². The predicted octanol–water partition coefficient (Wildman–Crippen LogP) is 1.10. The molecule has 0 radical (unpaired) electrons.